The molecule has 2 heterocycles. The van der Waals surface area contributed by atoms with Crippen LogP contribution in [0.15, 0.2) is 18.2 Å². The molecule has 1 aromatic carbocycles. The molecule has 2 N–H and O–H groups in total. The summed E-state index contributed by atoms with van der Waals surface area (Å²) in [6, 6.07) is 6.79. The second-order valence-corrected chi connectivity index (χ2v) is 12.4. The van der Waals surface area contributed by atoms with Crippen molar-refractivity contribution in [2.75, 3.05) is 50.4 Å². The fourth-order valence-electron chi connectivity index (χ4n) is 5.91. The second-order valence-electron chi connectivity index (χ2n) is 10.5. The fraction of sp³-hybridized carbons (Fsp3) is 0.692. The number of fused-ring (bicyclic) bond motifs is 1. The van der Waals surface area contributed by atoms with Crippen LogP contribution in [0.25, 0.3) is 0 Å². The summed E-state index contributed by atoms with van der Waals surface area (Å²) in [5.74, 6) is -0.260. The summed E-state index contributed by atoms with van der Waals surface area (Å²) in [4.78, 5) is 30.5. The molecule has 4 rings (SSSR count). The number of carboxylic acid groups (broad SMARTS) is 1. The summed E-state index contributed by atoms with van der Waals surface area (Å²) >= 11 is 0. The van der Waals surface area contributed by atoms with Gasteiger partial charge in [-0.15, -0.1) is 0 Å². The molecule has 36 heavy (non-hydrogen) atoms. The SMILES string of the molecule is CS(=O)(=O)NCCCN1CCc2ccc(N3CCN([C@H]4CC[C@H](CCC(=O)O)CC4)C3=O)cc2CC1. The molecule has 3 aliphatic rings. The monoisotopic (exact) mass is 520 g/mol. The Bertz CT molecular complexity index is 1040. The highest BCUT2D eigenvalue weighted by molar-refractivity contribution is 7.88. The first-order valence-electron chi connectivity index (χ1n) is 13.3. The zero-order valence-corrected chi connectivity index (χ0v) is 22.1. The van der Waals surface area contributed by atoms with Crippen molar-refractivity contribution < 1.29 is 23.1 Å². The molecule has 2 amide bonds. The minimum Gasteiger partial charge on any atom is -0.481 e. The van der Waals surface area contributed by atoms with E-state index in [4.69, 9.17) is 5.11 Å². The van der Waals surface area contributed by atoms with E-state index in [9.17, 15) is 18.0 Å². The number of nitrogens with one attached hydrogen (secondary N) is 1. The smallest absolute Gasteiger partial charge is 0.324 e. The van der Waals surface area contributed by atoms with Crippen molar-refractivity contribution in [2.45, 2.75) is 63.8 Å². The van der Waals surface area contributed by atoms with E-state index in [1.165, 1.54) is 17.4 Å². The minimum absolute atomic E-state index is 0.0950. The Hall–Kier alpha value is -2.17. The lowest BCUT2D eigenvalue weighted by atomic mass is 9.83. The quantitative estimate of drug-likeness (QED) is 0.459. The topological polar surface area (TPSA) is 110 Å². The van der Waals surface area contributed by atoms with Crippen molar-refractivity contribution in [3.8, 4) is 0 Å². The number of nitrogens with zero attached hydrogens (tertiary/aromatic N) is 3. The average Bonchev–Trinajstić information content (AvgIpc) is 3.10. The molecule has 0 unspecified atom stereocenters. The zero-order valence-electron chi connectivity index (χ0n) is 21.3. The lowest BCUT2D eigenvalue weighted by Gasteiger charge is -2.34. The molecule has 1 saturated carbocycles. The molecule has 0 atom stereocenters. The van der Waals surface area contributed by atoms with E-state index < -0.39 is 16.0 Å². The fourth-order valence-corrected chi connectivity index (χ4v) is 6.43. The molecule has 0 bridgehead atoms. The van der Waals surface area contributed by atoms with Gasteiger partial charge in [0.15, 0.2) is 0 Å². The number of carbonyl (C=O) groups is 2. The van der Waals surface area contributed by atoms with Crippen LogP contribution in [0.5, 0.6) is 0 Å². The van der Waals surface area contributed by atoms with Crippen LogP contribution in [-0.4, -0.2) is 86.9 Å². The molecule has 2 aliphatic heterocycles. The molecule has 2 fully saturated rings. The Balaban J connectivity index is 1.28. The van der Waals surface area contributed by atoms with E-state index in [-0.39, 0.29) is 18.5 Å². The van der Waals surface area contributed by atoms with Gasteiger partial charge >= 0.3 is 12.0 Å². The van der Waals surface area contributed by atoms with Crippen LogP contribution in [0.3, 0.4) is 0 Å². The van der Waals surface area contributed by atoms with Gasteiger partial charge in [-0.1, -0.05) is 6.07 Å². The first kappa shape index (κ1) is 26.9. The van der Waals surface area contributed by atoms with Crippen molar-refractivity contribution in [3.05, 3.63) is 29.3 Å². The highest BCUT2D eigenvalue weighted by atomic mass is 32.2. The summed E-state index contributed by atoms with van der Waals surface area (Å²) in [5, 5.41) is 8.93. The molecule has 1 aromatic rings. The van der Waals surface area contributed by atoms with Crippen LogP contribution >= 0.6 is 0 Å². The van der Waals surface area contributed by atoms with E-state index in [0.717, 1.165) is 83.2 Å². The van der Waals surface area contributed by atoms with E-state index in [2.05, 4.69) is 27.8 Å². The summed E-state index contributed by atoms with van der Waals surface area (Å²) in [5.41, 5.74) is 3.61. The number of carboxylic acids is 1. The summed E-state index contributed by atoms with van der Waals surface area (Å²) < 4.78 is 25.0. The van der Waals surface area contributed by atoms with Gasteiger partial charge in [0, 0.05) is 50.9 Å². The third kappa shape index (κ3) is 7.20. The van der Waals surface area contributed by atoms with Crippen molar-refractivity contribution >= 4 is 27.7 Å². The molecule has 1 saturated heterocycles. The zero-order chi connectivity index (χ0) is 25.7. The first-order chi connectivity index (χ1) is 17.2. The van der Waals surface area contributed by atoms with Gasteiger partial charge in [0.25, 0.3) is 0 Å². The highest BCUT2D eigenvalue weighted by Gasteiger charge is 2.36. The third-order valence-electron chi connectivity index (χ3n) is 7.98. The number of rotatable bonds is 10. The van der Waals surface area contributed by atoms with Gasteiger partial charge in [0.05, 0.1) is 6.26 Å². The maximum absolute atomic E-state index is 13.3. The number of anilines is 1. The van der Waals surface area contributed by atoms with E-state index in [1.54, 1.807) is 0 Å². The van der Waals surface area contributed by atoms with Gasteiger partial charge < -0.3 is 14.9 Å². The molecule has 0 radical (unpaired) electrons. The summed E-state index contributed by atoms with van der Waals surface area (Å²) in [6.07, 6.45) is 8.76. The molecule has 1 aliphatic carbocycles. The van der Waals surface area contributed by atoms with Crippen LogP contribution in [-0.2, 0) is 27.7 Å². The average molecular weight is 521 g/mol. The Kier molecular flexibility index (Phi) is 8.90. The van der Waals surface area contributed by atoms with Crippen molar-refractivity contribution in [1.82, 2.24) is 14.5 Å². The normalized spacial score (nSPS) is 23.5. The Labute approximate surface area is 214 Å². The van der Waals surface area contributed by atoms with Gasteiger partial charge in [-0.25, -0.2) is 17.9 Å². The summed E-state index contributed by atoms with van der Waals surface area (Å²) in [7, 11) is -3.14. The van der Waals surface area contributed by atoms with Crippen molar-refractivity contribution in [3.63, 3.8) is 0 Å². The standard InChI is InChI=1S/C26H40N4O5S/c1-36(34,35)27-13-2-14-28-15-11-21-6-9-24(19-22(21)12-16-28)30-18-17-29(26(30)33)23-7-3-20(4-8-23)5-10-25(31)32/h6,9,19-20,23,27H,2-5,7-8,10-18H2,1H3,(H,31,32)/t20-,23-. The number of benzene rings is 1. The van der Waals surface area contributed by atoms with Crippen LogP contribution in [0.1, 0.15) is 56.1 Å². The van der Waals surface area contributed by atoms with Crippen LogP contribution in [0, 0.1) is 5.92 Å². The van der Waals surface area contributed by atoms with Crippen LogP contribution in [0.2, 0.25) is 0 Å². The number of hydrogen-bond donors (Lipinski definition) is 2. The van der Waals surface area contributed by atoms with E-state index in [1.807, 2.05) is 9.80 Å². The van der Waals surface area contributed by atoms with Gasteiger partial charge in [-0.2, -0.15) is 0 Å². The number of aliphatic carboxylic acids is 1. The molecule has 9 nitrogen and oxygen atoms in total. The maximum atomic E-state index is 13.3. The molecule has 200 valence electrons. The molecule has 10 heteroatoms. The Morgan fingerprint density at radius 2 is 1.78 bits per heavy atom. The van der Waals surface area contributed by atoms with Gasteiger partial charge in [-0.05, 0) is 87.1 Å². The van der Waals surface area contributed by atoms with Gasteiger partial charge in [0.2, 0.25) is 10.0 Å². The Morgan fingerprint density at radius 3 is 2.47 bits per heavy atom. The lowest BCUT2D eigenvalue weighted by Crippen LogP contribution is -2.41. The molecular formula is C26H40N4O5S. The summed E-state index contributed by atoms with van der Waals surface area (Å²) in [6.45, 7) is 4.66. The number of urea groups is 1. The molecule has 0 aromatic heterocycles. The van der Waals surface area contributed by atoms with Gasteiger partial charge in [0.1, 0.15) is 0 Å². The number of carbonyl (C=O) groups excluding carboxylic acids is 1. The second kappa shape index (κ2) is 11.9. The Morgan fingerprint density at radius 1 is 1.06 bits per heavy atom. The highest BCUT2D eigenvalue weighted by Crippen LogP contribution is 2.33. The maximum Gasteiger partial charge on any atom is 0.324 e. The van der Waals surface area contributed by atoms with E-state index in [0.29, 0.717) is 19.0 Å². The minimum atomic E-state index is -3.14. The molecule has 0 spiro atoms. The number of sulfonamides is 1. The van der Waals surface area contributed by atoms with Crippen LogP contribution in [0.4, 0.5) is 10.5 Å². The lowest BCUT2D eigenvalue weighted by molar-refractivity contribution is -0.137. The van der Waals surface area contributed by atoms with Gasteiger partial charge in [-0.3, -0.25) is 9.69 Å². The first-order valence-corrected chi connectivity index (χ1v) is 15.2. The van der Waals surface area contributed by atoms with Crippen molar-refractivity contribution in [2.24, 2.45) is 5.92 Å². The third-order valence-corrected chi connectivity index (χ3v) is 8.70. The number of amides is 2. The molecular weight excluding hydrogens is 480 g/mol. The van der Waals surface area contributed by atoms with Crippen LogP contribution < -0.4 is 9.62 Å². The largest absolute Gasteiger partial charge is 0.481 e. The van der Waals surface area contributed by atoms with E-state index >= 15 is 0 Å². The number of hydrogen-bond acceptors (Lipinski definition) is 5. The predicted octanol–water partition coefficient (Wildman–Crippen LogP) is 2.69. The predicted molar refractivity (Wildman–Crippen MR) is 140 cm³/mol. The van der Waals surface area contributed by atoms with Crippen molar-refractivity contribution in [1.29, 1.82) is 0 Å².